The van der Waals surface area contributed by atoms with Crippen molar-refractivity contribution in [2.24, 2.45) is 5.11 Å². The minimum atomic E-state index is 0.332. The van der Waals surface area contributed by atoms with E-state index < -0.39 is 0 Å². The summed E-state index contributed by atoms with van der Waals surface area (Å²) < 4.78 is 0. The third kappa shape index (κ3) is 4.83. The van der Waals surface area contributed by atoms with Crippen LogP contribution in [0.25, 0.3) is 10.9 Å². The first-order valence-corrected chi connectivity index (χ1v) is 10.3. The van der Waals surface area contributed by atoms with Crippen LogP contribution in [0, 0.1) is 12.5 Å². The van der Waals surface area contributed by atoms with Gasteiger partial charge in [-0.05, 0) is 80.7 Å². The molecule has 1 aromatic heterocycles. The highest BCUT2D eigenvalue weighted by Crippen LogP contribution is 2.30. The Bertz CT molecular complexity index is 1070. The second kappa shape index (κ2) is 9.05. The van der Waals surface area contributed by atoms with Crippen molar-refractivity contribution in [3.8, 4) is 5.75 Å². The fourth-order valence-electron chi connectivity index (χ4n) is 4.03. The topological polar surface area (TPSA) is 84.6 Å². The van der Waals surface area contributed by atoms with Crippen LogP contribution in [0.4, 0.5) is 5.69 Å². The number of anilines is 1. The molecule has 0 unspecified atom stereocenters. The predicted molar refractivity (Wildman–Crippen MR) is 120 cm³/mol. The van der Waals surface area contributed by atoms with E-state index in [1.807, 2.05) is 43.5 Å². The van der Waals surface area contributed by atoms with E-state index in [1.165, 1.54) is 5.56 Å². The molecule has 0 atom stereocenters. The van der Waals surface area contributed by atoms with Crippen molar-refractivity contribution in [3.63, 3.8) is 0 Å². The third-order valence-electron chi connectivity index (χ3n) is 5.69. The number of hydrogen-bond donors (Lipinski definition) is 3. The van der Waals surface area contributed by atoms with Crippen molar-refractivity contribution in [2.45, 2.75) is 25.7 Å². The lowest BCUT2D eigenvalue weighted by molar-refractivity contribution is 0.227. The van der Waals surface area contributed by atoms with Gasteiger partial charge in [0.25, 0.3) is 0 Å². The quantitative estimate of drug-likeness (QED) is 0.482. The van der Waals surface area contributed by atoms with Crippen molar-refractivity contribution in [2.75, 3.05) is 25.0 Å². The summed E-state index contributed by atoms with van der Waals surface area (Å²) in [5.41, 5.74) is 12.4. The predicted octanol–water partition coefficient (Wildman–Crippen LogP) is 5.41. The van der Waals surface area contributed by atoms with Gasteiger partial charge >= 0.3 is 0 Å². The van der Waals surface area contributed by atoms with Crippen molar-refractivity contribution in [1.29, 1.82) is 5.53 Å². The number of likely N-dealkylation sites (tertiary alicyclic amines) is 1. The maximum Gasteiger partial charge on any atom is 0.115 e. The number of aromatic nitrogens is 1. The van der Waals surface area contributed by atoms with Gasteiger partial charge in [0.2, 0.25) is 0 Å². The molecule has 0 amide bonds. The largest absolute Gasteiger partial charge is 0.508 e. The monoisotopic (exact) mass is 401 g/mol. The van der Waals surface area contributed by atoms with Crippen LogP contribution < -0.4 is 5.32 Å². The van der Waals surface area contributed by atoms with Gasteiger partial charge in [-0.3, -0.25) is 9.88 Å². The van der Waals surface area contributed by atoms with Gasteiger partial charge < -0.3 is 10.4 Å². The number of hydrogen-bond acceptors (Lipinski definition) is 6. The maximum atomic E-state index is 9.71. The average molecular weight is 402 g/mol. The van der Waals surface area contributed by atoms with E-state index in [9.17, 15) is 5.11 Å². The standard InChI is InChI=1S/C24H27N5O/c1-17-5-6-20-13-21(7-8-24(20)27-17)26-15-22(28-25)16-29-11-9-18(10-12-29)19-3-2-4-23(30)14-19/h2-8,13-15,18,25-26,30H,9-12,16H2,1H3/b22-15-,28-25?. The number of phenols is 1. The molecule has 0 aliphatic carbocycles. The summed E-state index contributed by atoms with van der Waals surface area (Å²) >= 11 is 0. The Hall–Kier alpha value is -3.25. The molecule has 3 N–H and O–H groups in total. The molecule has 3 aromatic rings. The Morgan fingerprint density at radius 1 is 1.20 bits per heavy atom. The fraction of sp³-hybridized carbons (Fsp3) is 0.292. The summed E-state index contributed by atoms with van der Waals surface area (Å²) in [6.07, 6.45) is 3.90. The number of nitrogens with one attached hydrogen (secondary N) is 2. The smallest absolute Gasteiger partial charge is 0.115 e. The zero-order valence-corrected chi connectivity index (χ0v) is 17.2. The average Bonchev–Trinajstić information content (AvgIpc) is 2.77. The fourth-order valence-corrected chi connectivity index (χ4v) is 4.03. The van der Waals surface area contributed by atoms with Crippen LogP contribution >= 0.6 is 0 Å². The van der Waals surface area contributed by atoms with Gasteiger partial charge in [0, 0.05) is 29.5 Å². The first-order chi connectivity index (χ1) is 14.6. The number of nitrogens with zero attached hydrogens (tertiary/aromatic N) is 3. The van der Waals surface area contributed by atoms with Crippen LogP contribution in [0.3, 0.4) is 0 Å². The number of rotatable bonds is 6. The molecule has 1 saturated heterocycles. The lowest BCUT2D eigenvalue weighted by Crippen LogP contribution is -2.34. The number of benzene rings is 2. The van der Waals surface area contributed by atoms with Crippen molar-refractivity contribution >= 4 is 16.6 Å². The lowest BCUT2D eigenvalue weighted by atomic mass is 9.89. The molecule has 0 saturated carbocycles. The summed E-state index contributed by atoms with van der Waals surface area (Å²) in [7, 11) is 0. The van der Waals surface area contributed by atoms with E-state index in [4.69, 9.17) is 5.53 Å². The Balaban J connectivity index is 1.35. The van der Waals surface area contributed by atoms with Gasteiger partial charge in [0.05, 0.1) is 11.2 Å². The molecule has 0 radical (unpaired) electrons. The number of phenolic OH excluding ortho intramolecular Hbond substituents is 1. The first kappa shape index (κ1) is 20.0. The summed E-state index contributed by atoms with van der Waals surface area (Å²) in [6.45, 7) is 4.54. The molecular weight excluding hydrogens is 374 g/mol. The Labute approximate surface area is 176 Å². The summed E-state index contributed by atoms with van der Waals surface area (Å²) in [6, 6.07) is 17.7. The Morgan fingerprint density at radius 3 is 2.80 bits per heavy atom. The van der Waals surface area contributed by atoms with Crippen molar-refractivity contribution in [1.82, 2.24) is 9.88 Å². The number of pyridine rings is 1. The molecule has 0 bridgehead atoms. The number of fused-ring (bicyclic) bond motifs is 1. The molecule has 2 heterocycles. The SMILES string of the molecule is Cc1ccc2cc(N/C=C(/CN3CCC(c4cccc(O)c4)CC3)N=N)ccc2n1. The van der Waals surface area contributed by atoms with E-state index in [0.717, 1.165) is 48.2 Å². The van der Waals surface area contributed by atoms with Gasteiger partial charge in [-0.1, -0.05) is 18.2 Å². The molecule has 2 aromatic carbocycles. The summed E-state index contributed by atoms with van der Waals surface area (Å²) in [5, 5.41) is 17.8. The first-order valence-electron chi connectivity index (χ1n) is 10.3. The van der Waals surface area contributed by atoms with Crippen LogP contribution in [-0.2, 0) is 0 Å². The van der Waals surface area contributed by atoms with Crippen LogP contribution in [0.15, 0.2) is 71.6 Å². The second-order valence-corrected chi connectivity index (χ2v) is 7.90. The third-order valence-corrected chi connectivity index (χ3v) is 5.69. The normalized spacial score (nSPS) is 16.0. The Kier molecular flexibility index (Phi) is 6.05. The summed E-state index contributed by atoms with van der Waals surface area (Å²) in [5.74, 6) is 0.806. The van der Waals surface area contributed by atoms with E-state index in [2.05, 4.69) is 38.5 Å². The molecular formula is C24H27N5O. The number of piperidine rings is 1. The van der Waals surface area contributed by atoms with E-state index in [0.29, 0.717) is 23.9 Å². The zero-order valence-electron chi connectivity index (χ0n) is 17.2. The van der Waals surface area contributed by atoms with Gasteiger partial charge in [0.15, 0.2) is 0 Å². The van der Waals surface area contributed by atoms with E-state index in [1.54, 1.807) is 6.07 Å². The van der Waals surface area contributed by atoms with Gasteiger partial charge in [0.1, 0.15) is 5.75 Å². The molecule has 4 rings (SSSR count). The molecule has 30 heavy (non-hydrogen) atoms. The molecule has 154 valence electrons. The lowest BCUT2D eigenvalue weighted by Gasteiger charge is -2.32. The molecule has 1 aliphatic rings. The minimum Gasteiger partial charge on any atom is -0.508 e. The highest BCUT2D eigenvalue weighted by molar-refractivity contribution is 5.82. The van der Waals surface area contributed by atoms with Crippen LogP contribution in [-0.4, -0.2) is 34.6 Å². The van der Waals surface area contributed by atoms with Crippen molar-refractivity contribution in [3.05, 3.63) is 77.8 Å². The minimum absolute atomic E-state index is 0.332. The van der Waals surface area contributed by atoms with E-state index >= 15 is 0 Å². The van der Waals surface area contributed by atoms with Gasteiger partial charge in [-0.25, -0.2) is 5.53 Å². The van der Waals surface area contributed by atoms with Crippen molar-refractivity contribution < 1.29 is 5.11 Å². The van der Waals surface area contributed by atoms with Crippen LogP contribution in [0.5, 0.6) is 5.75 Å². The molecule has 1 fully saturated rings. The number of aryl methyl sites for hydroxylation is 1. The zero-order chi connectivity index (χ0) is 20.9. The molecule has 1 aliphatic heterocycles. The van der Waals surface area contributed by atoms with Crippen LogP contribution in [0.2, 0.25) is 0 Å². The highest BCUT2D eigenvalue weighted by Gasteiger charge is 2.21. The van der Waals surface area contributed by atoms with E-state index in [-0.39, 0.29) is 0 Å². The van der Waals surface area contributed by atoms with Crippen LogP contribution in [0.1, 0.15) is 30.0 Å². The molecule has 0 spiro atoms. The number of aromatic hydroxyl groups is 1. The molecule has 6 nitrogen and oxygen atoms in total. The van der Waals surface area contributed by atoms with Gasteiger partial charge in [-0.15, -0.1) is 0 Å². The Morgan fingerprint density at radius 2 is 2.03 bits per heavy atom. The maximum absolute atomic E-state index is 9.71. The van der Waals surface area contributed by atoms with Gasteiger partial charge in [-0.2, -0.15) is 5.11 Å². The summed E-state index contributed by atoms with van der Waals surface area (Å²) in [4.78, 5) is 6.86. The highest BCUT2D eigenvalue weighted by atomic mass is 16.3. The molecule has 6 heteroatoms. The second-order valence-electron chi connectivity index (χ2n) is 7.90.